The van der Waals surface area contributed by atoms with Crippen LogP contribution in [0.3, 0.4) is 0 Å². The summed E-state index contributed by atoms with van der Waals surface area (Å²) in [5.41, 5.74) is 1.82. The summed E-state index contributed by atoms with van der Waals surface area (Å²) in [6, 6.07) is 14.4. The molecule has 5 nitrogen and oxygen atoms in total. The molecule has 1 aliphatic rings. The normalized spacial score (nSPS) is 14.1. The van der Waals surface area contributed by atoms with Gasteiger partial charge in [-0.2, -0.15) is 0 Å². The zero-order valence-electron chi connectivity index (χ0n) is 16.7. The van der Waals surface area contributed by atoms with Gasteiger partial charge in [0.15, 0.2) is 11.6 Å². The van der Waals surface area contributed by atoms with Gasteiger partial charge in [-0.3, -0.25) is 9.69 Å². The summed E-state index contributed by atoms with van der Waals surface area (Å²) in [7, 11) is 0. The van der Waals surface area contributed by atoms with E-state index in [2.05, 4.69) is 5.32 Å². The fourth-order valence-electron chi connectivity index (χ4n) is 3.55. The number of hydrogen-bond acceptors (Lipinski definition) is 3. The summed E-state index contributed by atoms with van der Waals surface area (Å²) >= 11 is 1.53. The molecule has 1 N–H and O–H groups in total. The van der Waals surface area contributed by atoms with E-state index in [0.29, 0.717) is 36.4 Å². The zero-order chi connectivity index (χ0) is 21.8. The number of thiophene rings is 1. The van der Waals surface area contributed by atoms with Crippen molar-refractivity contribution in [3.8, 4) is 0 Å². The Morgan fingerprint density at radius 3 is 2.68 bits per heavy atom. The van der Waals surface area contributed by atoms with Gasteiger partial charge in [0.05, 0.1) is 6.42 Å². The Bertz CT molecular complexity index is 1090. The lowest BCUT2D eigenvalue weighted by Gasteiger charge is -2.36. The highest BCUT2D eigenvalue weighted by Gasteiger charge is 2.27. The molecule has 0 bridgehead atoms. The third-order valence-corrected chi connectivity index (χ3v) is 5.90. The second-order valence-corrected chi connectivity index (χ2v) is 8.34. The average molecular weight is 442 g/mol. The molecule has 0 spiro atoms. The highest BCUT2D eigenvalue weighted by atomic mass is 32.1. The number of urea groups is 1. The van der Waals surface area contributed by atoms with Crippen LogP contribution in [0.15, 0.2) is 60.0 Å². The number of carbonyl (C=O) groups is 2. The molecule has 0 radical (unpaired) electrons. The number of halogens is 2. The molecule has 3 amide bonds. The third-order valence-electron chi connectivity index (χ3n) is 5.03. The Kier molecular flexibility index (Phi) is 6.27. The van der Waals surface area contributed by atoms with Crippen molar-refractivity contribution < 1.29 is 18.4 Å². The Morgan fingerprint density at radius 1 is 1.03 bits per heavy atom. The molecule has 3 aromatic rings. The van der Waals surface area contributed by atoms with Crippen LogP contribution >= 0.6 is 11.3 Å². The molecular weight excluding hydrogens is 420 g/mol. The molecule has 1 saturated heterocycles. The Hall–Kier alpha value is -3.26. The van der Waals surface area contributed by atoms with E-state index in [1.807, 2.05) is 23.6 Å². The number of benzene rings is 2. The molecule has 0 saturated carbocycles. The second-order valence-electron chi connectivity index (χ2n) is 7.31. The first-order chi connectivity index (χ1) is 15.0. The number of nitrogens with zero attached hydrogens (tertiary/aromatic N) is 2. The molecule has 4 rings (SSSR count). The molecule has 8 heteroatoms. The van der Waals surface area contributed by atoms with Crippen LogP contribution in [0.5, 0.6) is 0 Å². The van der Waals surface area contributed by atoms with Crippen LogP contribution in [0.1, 0.15) is 16.9 Å². The van der Waals surface area contributed by atoms with E-state index in [1.165, 1.54) is 17.4 Å². The fourth-order valence-corrected chi connectivity index (χ4v) is 4.26. The van der Waals surface area contributed by atoms with Crippen LogP contribution < -0.4 is 10.2 Å². The number of amides is 3. The minimum Gasteiger partial charge on any atom is -0.326 e. The summed E-state index contributed by atoms with van der Waals surface area (Å²) in [4.78, 5) is 29.5. The molecule has 0 unspecified atom stereocenters. The molecular formula is C23H21F2N3O2S. The molecule has 2 aromatic carbocycles. The SMILES string of the molecule is O=C(Cc1cccs1)Nc1cccc(N2CCCN(Cc3ccc(F)c(F)c3)C2=O)c1. The van der Waals surface area contributed by atoms with Crippen molar-refractivity contribution in [2.45, 2.75) is 19.4 Å². The lowest BCUT2D eigenvalue weighted by molar-refractivity contribution is -0.115. The van der Waals surface area contributed by atoms with Gasteiger partial charge in [-0.25, -0.2) is 13.6 Å². The number of nitrogens with one attached hydrogen (secondary N) is 1. The summed E-state index contributed by atoms with van der Waals surface area (Å²) in [6.07, 6.45) is 1.04. The molecule has 160 valence electrons. The van der Waals surface area contributed by atoms with E-state index in [1.54, 1.807) is 28.0 Å². The van der Waals surface area contributed by atoms with E-state index in [9.17, 15) is 18.4 Å². The van der Waals surface area contributed by atoms with Crippen LogP contribution in [-0.2, 0) is 17.8 Å². The molecule has 0 atom stereocenters. The monoisotopic (exact) mass is 441 g/mol. The summed E-state index contributed by atoms with van der Waals surface area (Å²) in [6.45, 7) is 1.27. The second kappa shape index (κ2) is 9.26. The van der Waals surface area contributed by atoms with Crippen LogP contribution in [0.25, 0.3) is 0 Å². The van der Waals surface area contributed by atoms with Crippen LogP contribution in [0.2, 0.25) is 0 Å². The van der Waals surface area contributed by atoms with Gasteiger partial charge in [0.25, 0.3) is 0 Å². The molecule has 1 fully saturated rings. The lowest BCUT2D eigenvalue weighted by Crippen LogP contribution is -2.49. The topological polar surface area (TPSA) is 52.7 Å². The Morgan fingerprint density at radius 2 is 1.90 bits per heavy atom. The number of anilines is 2. The summed E-state index contributed by atoms with van der Waals surface area (Å²) in [5, 5.41) is 4.80. The van der Waals surface area contributed by atoms with Gasteiger partial charge >= 0.3 is 6.03 Å². The number of hydrogen-bond donors (Lipinski definition) is 1. The maximum atomic E-state index is 13.5. The van der Waals surface area contributed by atoms with Crippen molar-refractivity contribution in [1.82, 2.24) is 4.90 Å². The van der Waals surface area contributed by atoms with Crippen molar-refractivity contribution >= 4 is 34.6 Å². The van der Waals surface area contributed by atoms with Crippen molar-refractivity contribution in [2.24, 2.45) is 0 Å². The minimum absolute atomic E-state index is 0.121. The van der Waals surface area contributed by atoms with Crippen molar-refractivity contribution in [1.29, 1.82) is 0 Å². The Labute approximate surface area is 182 Å². The molecule has 1 aromatic heterocycles. The van der Waals surface area contributed by atoms with Gasteiger partial charge in [-0.1, -0.05) is 18.2 Å². The van der Waals surface area contributed by atoms with Crippen LogP contribution in [-0.4, -0.2) is 29.9 Å². The van der Waals surface area contributed by atoms with E-state index in [4.69, 9.17) is 0 Å². The van der Waals surface area contributed by atoms with E-state index in [-0.39, 0.29) is 18.5 Å². The van der Waals surface area contributed by atoms with Crippen molar-refractivity contribution in [3.63, 3.8) is 0 Å². The van der Waals surface area contributed by atoms with E-state index < -0.39 is 11.6 Å². The smallest absolute Gasteiger partial charge is 0.324 e. The largest absolute Gasteiger partial charge is 0.326 e. The van der Waals surface area contributed by atoms with Gasteiger partial charge in [-0.15, -0.1) is 11.3 Å². The molecule has 0 aliphatic carbocycles. The first-order valence-electron chi connectivity index (χ1n) is 9.92. The van der Waals surface area contributed by atoms with E-state index in [0.717, 1.165) is 23.4 Å². The zero-order valence-corrected chi connectivity index (χ0v) is 17.5. The lowest BCUT2D eigenvalue weighted by atomic mass is 10.1. The fraction of sp³-hybridized carbons (Fsp3) is 0.217. The third kappa shape index (κ3) is 5.08. The summed E-state index contributed by atoms with van der Waals surface area (Å²) in [5.74, 6) is -1.96. The van der Waals surface area contributed by atoms with E-state index >= 15 is 0 Å². The predicted octanol–water partition coefficient (Wildman–Crippen LogP) is 5.04. The van der Waals surface area contributed by atoms with Gasteiger partial charge in [0.1, 0.15) is 0 Å². The van der Waals surface area contributed by atoms with Gasteiger partial charge < -0.3 is 10.2 Å². The maximum Gasteiger partial charge on any atom is 0.324 e. The van der Waals surface area contributed by atoms with Crippen LogP contribution in [0, 0.1) is 11.6 Å². The number of rotatable bonds is 6. The molecule has 2 heterocycles. The van der Waals surface area contributed by atoms with Gasteiger partial charge in [0.2, 0.25) is 5.91 Å². The maximum absolute atomic E-state index is 13.5. The van der Waals surface area contributed by atoms with Gasteiger partial charge in [-0.05, 0) is 53.8 Å². The molecule has 1 aliphatic heterocycles. The summed E-state index contributed by atoms with van der Waals surface area (Å²) < 4.78 is 26.7. The van der Waals surface area contributed by atoms with Crippen LogP contribution in [0.4, 0.5) is 25.0 Å². The average Bonchev–Trinajstić information content (AvgIpc) is 3.25. The predicted molar refractivity (Wildman–Crippen MR) is 117 cm³/mol. The highest BCUT2D eigenvalue weighted by molar-refractivity contribution is 7.10. The van der Waals surface area contributed by atoms with Crippen molar-refractivity contribution in [2.75, 3.05) is 23.3 Å². The van der Waals surface area contributed by atoms with Gasteiger partial charge in [0, 0.05) is 35.9 Å². The quantitative estimate of drug-likeness (QED) is 0.583. The standard InChI is InChI=1S/C23H21F2N3O2S/c24-20-8-7-16(12-21(20)25)15-27-9-3-10-28(23(27)30)18-5-1-4-17(13-18)26-22(29)14-19-6-2-11-31-19/h1-2,4-8,11-13H,3,9-10,14-15H2,(H,26,29). The minimum atomic E-state index is -0.926. The number of carbonyl (C=O) groups excluding carboxylic acids is 2. The Balaban J connectivity index is 1.44. The highest BCUT2D eigenvalue weighted by Crippen LogP contribution is 2.25. The first kappa shape index (κ1) is 21.0. The molecule has 31 heavy (non-hydrogen) atoms. The first-order valence-corrected chi connectivity index (χ1v) is 10.8. The van der Waals surface area contributed by atoms with Crippen molar-refractivity contribution in [3.05, 3.63) is 82.1 Å².